The first-order chi connectivity index (χ1) is 12.1. The summed E-state index contributed by atoms with van der Waals surface area (Å²) in [7, 11) is 0. The SMILES string of the molecule is NC(=O)n1c(O)c(C(=O)Nc2cccs2)c2cc(Cl)c(C(F)(F)F)cc21. The second-order valence-corrected chi connectivity index (χ2v) is 6.51. The minimum atomic E-state index is -4.80. The van der Waals surface area contributed by atoms with E-state index in [0.29, 0.717) is 15.6 Å². The number of alkyl halides is 3. The van der Waals surface area contributed by atoms with E-state index in [2.05, 4.69) is 5.32 Å². The minimum Gasteiger partial charge on any atom is -0.494 e. The van der Waals surface area contributed by atoms with Gasteiger partial charge in [-0.3, -0.25) is 4.79 Å². The van der Waals surface area contributed by atoms with Crippen molar-refractivity contribution >= 4 is 50.8 Å². The zero-order chi connectivity index (χ0) is 19.2. The predicted molar refractivity (Wildman–Crippen MR) is 90.9 cm³/mol. The molecule has 0 saturated heterocycles. The molecule has 26 heavy (non-hydrogen) atoms. The van der Waals surface area contributed by atoms with Crippen LogP contribution >= 0.6 is 22.9 Å². The lowest BCUT2D eigenvalue weighted by molar-refractivity contribution is -0.137. The first-order valence-electron chi connectivity index (χ1n) is 6.90. The van der Waals surface area contributed by atoms with Crippen molar-refractivity contribution in [2.45, 2.75) is 6.18 Å². The molecule has 0 bridgehead atoms. The highest BCUT2D eigenvalue weighted by atomic mass is 35.5. The van der Waals surface area contributed by atoms with E-state index in [4.69, 9.17) is 17.3 Å². The van der Waals surface area contributed by atoms with Gasteiger partial charge >= 0.3 is 12.2 Å². The van der Waals surface area contributed by atoms with Gasteiger partial charge in [0, 0.05) is 5.39 Å². The highest BCUT2D eigenvalue weighted by Gasteiger charge is 2.35. The first kappa shape index (κ1) is 18.1. The Labute approximate surface area is 152 Å². The summed E-state index contributed by atoms with van der Waals surface area (Å²) in [5, 5.41) is 14.0. The Bertz CT molecular complexity index is 1030. The number of nitrogens with one attached hydrogen (secondary N) is 1. The monoisotopic (exact) mass is 403 g/mol. The van der Waals surface area contributed by atoms with Crippen LogP contribution < -0.4 is 11.1 Å². The third-order valence-electron chi connectivity index (χ3n) is 3.54. The van der Waals surface area contributed by atoms with Gasteiger partial charge < -0.3 is 16.2 Å². The molecular formula is C15H9ClF3N3O3S. The van der Waals surface area contributed by atoms with Gasteiger partial charge in [0.05, 0.1) is 21.1 Å². The smallest absolute Gasteiger partial charge is 0.417 e. The van der Waals surface area contributed by atoms with Crippen LogP contribution in [-0.2, 0) is 6.18 Å². The van der Waals surface area contributed by atoms with Gasteiger partial charge in [0.1, 0.15) is 5.56 Å². The van der Waals surface area contributed by atoms with E-state index in [9.17, 15) is 27.9 Å². The molecule has 0 spiro atoms. The van der Waals surface area contributed by atoms with Crippen molar-refractivity contribution in [3.05, 3.63) is 45.8 Å². The molecule has 2 aromatic heterocycles. The summed E-state index contributed by atoms with van der Waals surface area (Å²) < 4.78 is 39.7. The Balaban J connectivity index is 2.26. The highest BCUT2D eigenvalue weighted by molar-refractivity contribution is 7.14. The lowest BCUT2D eigenvalue weighted by atomic mass is 10.1. The van der Waals surface area contributed by atoms with Crippen LogP contribution in [0.2, 0.25) is 5.02 Å². The molecule has 2 amide bonds. The van der Waals surface area contributed by atoms with E-state index in [1.54, 1.807) is 17.5 Å². The van der Waals surface area contributed by atoms with Crippen LogP contribution in [0.15, 0.2) is 29.6 Å². The Morgan fingerprint density at radius 2 is 2.00 bits per heavy atom. The summed E-state index contributed by atoms with van der Waals surface area (Å²) in [4.78, 5) is 24.1. The average Bonchev–Trinajstić information content (AvgIpc) is 3.09. The number of rotatable bonds is 2. The maximum Gasteiger partial charge on any atom is 0.417 e. The summed E-state index contributed by atoms with van der Waals surface area (Å²) in [6.07, 6.45) is -4.80. The molecule has 11 heteroatoms. The minimum absolute atomic E-state index is 0.145. The van der Waals surface area contributed by atoms with E-state index < -0.39 is 40.1 Å². The Hall–Kier alpha value is -2.72. The average molecular weight is 404 g/mol. The molecule has 0 aliphatic heterocycles. The molecule has 6 nitrogen and oxygen atoms in total. The molecule has 4 N–H and O–H groups in total. The highest BCUT2D eigenvalue weighted by Crippen LogP contribution is 2.41. The summed E-state index contributed by atoms with van der Waals surface area (Å²) in [6.45, 7) is 0. The van der Waals surface area contributed by atoms with Gasteiger partial charge in [0.15, 0.2) is 0 Å². The van der Waals surface area contributed by atoms with Gasteiger partial charge in [-0.05, 0) is 29.6 Å². The van der Waals surface area contributed by atoms with Crippen LogP contribution in [0.4, 0.5) is 23.0 Å². The van der Waals surface area contributed by atoms with E-state index in [1.165, 1.54) is 11.3 Å². The summed E-state index contributed by atoms with van der Waals surface area (Å²) in [6, 6.07) is 3.42. The molecule has 1 aromatic carbocycles. The number of nitrogens with two attached hydrogens (primary N) is 1. The number of nitrogens with zero attached hydrogens (tertiary/aromatic N) is 1. The summed E-state index contributed by atoms with van der Waals surface area (Å²) in [5.74, 6) is -1.71. The van der Waals surface area contributed by atoms with Gasteiger partial charge in [0.2, 0.25) is 5.88 Å². The number of benzene rings is 1. The van der Waals surface area contributed by atoms with Gasteiger partial charge in [-0.2, -0.15) is 13.2 Å². The quantitative estimate of drug-likeness (QED) is 0.596. The molecule has 3 aromatic rings. The summed E-state index contributed by atoms with van der Waals surface area (Å²) in [5.41, 5.74) is 3.12. The van der Waals surface area contributed by atoms with Crippen molar-refractivity contribution in [3.63, 3.8) is 0 Å². The molecule has 3 rings (SSSR count). The number of primary amides is 1. The number of carbonyl (C=O) groups excluding carboxylic acids is 2. The zero-order valence-electron chi connectivity index (χ0n) is 12.6. The van der Waals surface area contributed by atoms with Crippen molar-refractivity contribution in [3.8, 4) is 5.88 Å². The van der Waals surface area contributed by atoms with Gasteiger partial charge in [-0.25, -0.2) is 9.36 Å². The fraction of sp³-hybridized carbons (Fsp3) is 0.0667. The number of aromatic hydroxyl groups is 1. The van der Waals surface area contributed by atoms with Crippen LogP contribution in [0.5, 0.6) is 5.88 Å². The molecule has 0 radical (unpaired) electrons. The Kier molecular flexibility index (Phi) is 4.32. The molecule has 0 fully saturated rings. The van der Waals surface area contributed by atoms with Crippen LogP contribution in [-0.4, -0.2) is 21.6 Å². The number of amides is 2. The van der Waals surface area contributed by atoms with Crippen LogP contribution in [0.25, 0.3) is 10.9 Å². The van der Waals surface area contributed by atoms with E-state index in [0.717, 1.165) is 6.07 Å². The molecule has 2 heterocycles. The summed E-state index contributed by atoms with van der Waals surface area (Å²) >= 11 is 6.88. The zero-order valence-corrected chi connectivity index (χ0v) is 14.2. The van der Waals surface area contributed by atoms with E-state index >= 15 is 0 Å². The number of aromatic nitrogens is 1. The standard InChI is InChI=1S/C15H9ClF3N3O3S/c16-8-4-6-9(5-7(8)15(17,18)19)22(14(20)25)13(24)11(6)12(23)21-10-2-1-3-26-10/h1-5,24H,(H2,20,25)(H,21,23). The number of carbonyl (C=O) groups is 2. The number of hydrogen-bond acceptors (Lipinski definition) is 4. The molecule has 0 saturated carbocycles. The number of anilines is 1. The fourth-order valence-corrected chi connectivity index (χ4v) is 3.36. The first-order valence-corrected chi connectivity index (χ1v) is 8.15. The molecule has 136 valence electrons. The maximum atomic E-state index is 13.1. The van der Waals surface area contributed by atoms with Crippen molar-refractivity contribution in [1.82, 2.24) is 4.57 Å². The topological polar surface area (TPSA) is 97.3 Å². The van der Waals surface area contributed by atoms with E-state index in [1.807, 2.05) is 0 Å². The molecule has 0 atom stereocenters. The second-order valence-electron chi connectivity index (χ2n) is 5.15. The lowest BCUT2D eigenvalue weighted by Crippen LogP contribution is -2.19. The van der Waals surface area contributed by atoms with Crippen LogP contribution in [0.1, 0.15) is 15.9 Å². The number of halogens is 4. The Morgan fingerprint density at radius 1 is 1.31 bits per heavy atom. The van der Waals surface area contributed by atoms with Crippen molar-refractivity contribution in [1.29, 1.82) is 0 Å². The molecule has 0 aliphatic rings. The van der Waals surface area contributed by atoms with E-state index in [-0.39, 0.29) is 10.9 Å². The molecular weight excluding hydrogens is 395 g/mol. The molecule has 0 unspecified atom stereocenters. The van der Waals surface area contributed by atoms with Gasteiger partial charge in [-0.15, -0.1) is 11.3 Å². The van der Waals surface area contributed by atoms with Crippen molar-refractivity contribution in [2.24, 2.45) is 5.73 Å². The maximum absolute atomic E-state index is 13.1. The van der Waals surface area contributed by atoms with Gasteiger partial charge in [-0.1, -0.05) is 11.6 Å². The number of fused-ring (bicyclic) bond motifs is 1. The number of hydrogen-bond donors (Lipinski definition) is 3. The second kappa shape index (κ2) is 6.22. The predicted octanol–water partition coefficient (Wildman–Crippen LogP) is 4.26. The van der Waals surface area contributed by atoms with Gasteiger partial charge in [0.25, 0.3) is 5.91 Å². The fourth-order valence-electron chi connectivity index (χ4n) is 2.48. The Morgan fingerprint density at radius 3 is 2.54 bits per heavy atom. The molecule has 0 aliphatic carbocycles. The normalized spacial score (nSPS) is 11.7. The van der Waals surface area contributed by atoms with Crippen LogP contribution in [0, 0.1) is 0 Å². The van der Waals surface area contributed by atoms with Crippen LogP contribution in [0.3, 0.4) is 0 Å². The lowest BCUT2D eigenvalue weighted by Gasteiger charge is -2.10. The largest absolute Gasteiger partial charge is 0.494 e. The third-order valence-corrected chi connectivity index (χ3v) is 4.64. The van der Waals surface area contributed by atoms with Crippen molar-refractivity contribution < 1.29 is 27.9 Å². The van der Waals surface area contributed by atoms with Crippen molar-refractivity contribution in [2.75, 3.05) is 5.32 Å². The number of thiophene rings is 1. The third kappa shape index (κ3) is 2.97.